The average molecular weight is 255 g/mol. The molecule has 0 fully saturated rings. The number of nitrogens with two attached hydrogens (primary N) is 1. The maximum atomic E-state index is 8.85. The third-order valence-electron chi connectivity index (χ3n) is 3.06. The molecule has 0 aliphatic rings. The van der Waals surface area contributed by atoms with Crippen molar-refractivity contribution in [1.82, 2.24) is 10.2 Å². The van der Waals surface area contributed by atoms with Gasteiger partial charge in [-0.15, -0.1) is 0 Å². The van der Waals surface area contributed by atoms with E-state index >= 15 is 0 Å². The predicted molar refractivity (Wildman–Crippen MR) is 75.7 cm³/mol. The minimum atomic E-state index is 0.613. The van der Waals surface area contributed by atoms with Crippen molar-refractivity contribution in [2.75, 3.05) is 17.6 Å². The Morgan fingerprint density at radius 2 is 2.32 bits per heavy atom. The quantitative estimate of drug-likeness (QED) is 0.564. The second kappa shape index (κ2) is 5.91. The van der Waals surface area contributed by atoms with E-state index in [1.807, 2.05) is 13.1 Å². The van der Waals surface area contributed by atoms with Crippen LogP contribution in [0.15, 0.2) is 24.4 Å². The molecule has 0 atom stereocenters. The smallest absolute Gasteiger partial charge is 0.0992 e. The van der Waals surface area contributed by atoms with Crippen LogP contribution in [0.2, 0.25) is 0 Å². The Bertz CT molecular complexity index is 594. The van der Waals surface area contributed by atoms with E-state index in [4.69, 9.17) is 11.0 Å². The number of benzene rings is 1. The van der Waals surface area contributed by atoms with Gasteiger partial charge in [-0.25, -0.2) is 0 Å². The van der Waals surface area contributed by atoms with Crippen molar-refractivity contribution in [1.29, 1.82) is 5.26 Å². The van der Waals surface area contributed by atoms with E-state index in [9.17, 15) is 0 Å². The van der Waals surface area contributed by atoms with Crippen molar-refractivity contribution >= 4 is 11.4 Å². The van der Waals surface area contributed by atoms with Crippen LogP contribution in [-0.4, -0.2) is 16.7 Å². The summed E-state index contributed by atoms with van der Waals surface area (Å²) in [5.74, 6) is 0. The van der Waals surface area contributed by atoms with Gasteiger partial charge >= 0.3 is 0 Å². The largest absolute Gasteiger partial charge is 0.397 e. The molecule has 5 nitrogen and oxygen atoms in total. The number of nitrogens with one attached hydrogen (secondary N) is 2. The summed E-state index contributed by atoms with van der Waals surface area (Å²) in [6, 6.07) is 7.35. The second-order valence-corrected chi connectivity index (χ2v) is 4.46. The molecular weight excluding hydrogens is 238 g/mol. The van der Waals surface area contributed by atoms with Crippen LogP contribution in [0.1, 0.15) is 23.2 Å². The highest BCUT2D eigenvalue weighted by Crippen LogP contribution is 2.19. The van der Waals surface area contributed by atoms with Crippen molar-refractivity contribution in [3.63, 3.8) is 0 Å². The van der Waals surface area contributed by atoms with Crippen LogP contribution in [0.3, 0.4) is 0 Å². The van der Waals surface area contributed by atoms with Crippen LogP contribution in [0.4, 0.5) is 11.4 Å². The van der Waals surface area contributed by atoms with Crippen molar-refractivity contribution < 1.29 is 0 Å². The first-order valence-corrected chi connectivity index (χ1v) is 6.23. The number of nitriles is 1. The molecule has 0 unspecified atom stereocenters. The van der Waals surface area contributed by atoms with Crippen LogP contribution in [-0.2, 0) is 6.42 Å². The third kappa shape index (κ3) is 3.26. The number of hydrogen-bond acceptors (Lipinski definition) is 4. The lowest BCUT2D eigenvalue weighted by molar-refractivity contribution is 0.857. The maximum absolute atomic E-state index is 8.85. The molecule has 19 heavy (non-hydrogen) atoms. The molecule has 1 aromatic carbocycles. The molecule has 2 aromatic rings. The van der Waals surface area contributed by atoms with E-state index in [1.165, 1.54) is 5.56 Å². The van der Waals surface area contributed by atoms with Gasteiger partial charge in [-0.05, 0) is 43.5 Å². The number of hydrogen-bond donors (Lipinski definition) is 3. The molecule has 0 amide bonds. The second-order valence-electron chi connectivity index (χ2n) is 4.46. The number of H-pyrrole nitrogens is 1. The van der Waals surface area contributed by atoms with E-state index in [0.717, 1.165) is 30.8 Å². The van der Waals surface area contributed by atoms with Gasteiger partial charge < -0.3 is 11.1 Å². The number of nitrogen functional groups attached to an aromatic ring is 1. The fourth-order valence-electron chi connectivity index (χ4n) is 1.91. The van der Waals surface area contributed by atoms with E-state index in [1.54, 1.807) is 18.2 Å². The minimum Gasteiger partial charge on any atom is -0.397 e. The lowest BCUT2D eigenvalue weighted by atomic mass is 10.1. The van der Waals surface area contributed by atoms with Crippen molar-refractivity contribution in [2.45, 2.75) is 19.8 Å². The Labute approximate surface area is 112 Å². The van der Waals surface area contributed by atoms with E-state index in [-0.39, 0.29) is 0 Å². The zero-order valence-corrected chi connectivity index (χ0v) is 10.9. The number of aryl methyl sites for hydroxylation is 2. The SMILES string of the molecule is Cc1[nH]ncc1CCCNc1cc(C#N)ccc1N. The highest BCUT2D eigenvalue weighted by Gasteiger charge is 2.02. The van der Waals surface area contributed by atoms with Crippen molar-refractivity contribution in [3.05, 3.63) is 41.2 Å². The minimum absolute atomic E-state index is 0.613. The number of aromatic nitrogens is 2. The van der Waals surface area contributed by atoms with Gasteiger partial charge in [-0.1, -0.05) is 0 Å². The Morgan fingerprint density at radius 1 is 1.47 bits per heavy atom. The molecule has 0 bridgehead atoms. The van der Waals surface area contributed by atoms with Gasteiger partial charge in [0.05, 0.1) is 29.2 Å². The highest BCUT2D eigenvalue weighted by atomic mass is 15.1. The first kappa shape index (κ1) is 13.0. The fourth-order valence-corrected chi connectivity index (χ4v) is 1.91. The molecule has 2 rings (SSSR count). The number of nitrogens with zero attached hydrogens (tertiary/aromatic N) is 2. The zero-order valence-electron chi connectivity index (χ0n) is 10.9. The Hall–Kier alpha value is -2.48. The normalized spacial score (nSPS) is 10.1. The van der Waals surface area contributed by atoms with Gasteiger partial charge in [0.25, 0.3) is 0 Å². The lowest BCUT2D eigenvalue weighted by Gasteiger charge is -2.09. The number of anilines is 2. The topological polar surface area (TPSA) is 90.5 Å². The van der Waals surface area contributed by atoms with Gasteiger partial charge in [-0.2, -0.15) is 10.4 Å². The fraction of sp³-hybridized carbons (Fsp3) is 0.286. The molecule has 1 aromatic heterocycles. The number of aromatic amines is 1. The van der Waals surface area contributed by atoms with Crippen molar-refractivity contribution in [3.8, 4) is 6.07 Å². The summed E-state index contributed by atoms with van der Waals surface area (Å²) in [7, 11) is 0. The summed E-state index contributed by atoms with van der Waals surface area (Å²) in [5, 5.41) is 19.0. The Morgan fingerprint density at radius 3 is 3.00 bits per heavy atom. The highest BCUT2D eigenvalue weighted by molar-refractivity contribution is 5.68. The Kier molecular flexibility index (Phi) is 4.04. The van der Waals surface area contributed by atoms with Crippen LogP contribution in [0.5, 0.6) is 0 Å². The molecule has 5 heteroatoms. The van der Waals surface area contributed by atoms with Gasteiger partial charge in [0.1, 0.15) is 0 Å². The summed E-state index contributed by atoms with van der Waals surface area (Å²) in [6.45, 7) is 2.83. The maximum Gasteiger partial charge on any atom is 0.0992 e. The molecule has 1 heterocycles. The van der Waals surface area contributed by atoms with Gasteiger partial charge in [0.15, 0.2) is 0 Å². The average Bonchev–Trinajstić information content (AvgIpc) is 2.82. The van der Waals surface area contributed by atoms with E-state index < -0.39 is 0 Å². The summed E-state index contributed by atoms with van der Waals surface area (Å²) in [4.78, 5) is 0. The van der Waals surface area contributed by atoms with Crippen LogP contribution < -0.4 is 11.1 Å². The molecular formula is C14H17N5. The molecule has 4 N–H and O–H groups in total. The molecule has 0 radical (unpaired) electrons. The number of rotatable bonds is 5. The summed E-state index contributed by atoms with van der Waals surface area (Å²) >= 11 is 0. The van der Waals surface area contributed by atoms with E-state index in [2.05, 4.69) is 21.6 Å². The van der Waals surface area contributed by atoms with Crippen molar-refractivity contribution in [2.24, 2.45) is 0 Å². The summed E-state index contributed by atoms with van der Waals surface area (Å²) in [6.07, 6.45) is 3.81. The predicted octanol–water partition coefficient (Wildman–Crippen LogP) is 2.22. The monoisotopic (exact) mass is 255 g/mol. The van der Waals surface area contributed by atoms with Crippen LogP contribution in [0.25, 0.3) is 0 Å². The first-order chi connectivity index (χ1) is 9.20. The zero-order chi connectivity index (χ0) is 13.7. The molecule has 98 valence electrons. The van der Waals surface area contributed by atoms with Gasteiger partial charge in [-0.3, -0.25) is 5.10 Å². The summed E-state index contributed by atoms with van der Waals surface area (Å²) < 4.78 is 0. The lowest BCUT2D eigenvalue weighted by Crippen LogP contribution is -2.05. The molecule has 0 saturated carbocycles. The molecule has 0 saturated heterocycles. The molecule has 0 spiro atoms. The standard InChI is InChI=1S/C14H17N5/c1-10-12(9-18-19-10)3-2-6-17-14-7-11(8-15)4-5-13(14)16/h4-5,7,9,17H,2-3,6,16H2,1H3,(H,18,19). The first-order valence-electron chi connectivity index (χ1n) is 6.23. The van der Waals surface area contributed by atoms with Crippen LogP contribution >= 0.6 is 0 Å². The van der Waals surface area contributed by atoms with E-state index in [0.29, 0.717) is 11.3 Å². The third-order valence-corrected chi connectivity index (χ3v) is 3.06. The molecule has 0 aliphatic carbocycles. The summed E-state index contributed by atoms with van der Waals surface area (Å²) in [5.41, 5.74) is 10.3. The molecule has 0 aliphatic heterocycles. The van der Waals surface area contributed by atoms with Gasteiger partial charge in [0.2, 0.25) is 0 Å². The van der Waals surface area contributed by atoms with Crippen LogP contribution in [0, 0.1) is 18.3 Å². The Balaban J connectivity index is 1.86. The van der Waals surface area contributed by atoms with Gasteiger partial charge in [0, 0.05) is 12.2 Å².